The fraction of sp³-hybridized carbons (Fsp3) is 0.429. The van der Waals surface area contributed by atoms with E-state index in [1.54, 1.807) is 0 Å². The second-order valence-corrected chi connectivity index (χ2v) is 8.06. The van der Waals surface area contributed by atoms with E-state index in [-0.39, 0.29) is 0 Å². The normalized spacial score (nSPS) is 19.0. The van der Waals surface area contributed by atoms with Gasteiger partial charge in [-0.15, -0.1) is 0 Å². The molecule has 1 nitrogen and oxygen atoms in total. The van der Waals surface area contributed by atoms with Crippen molar-refractivity contribution in [3.8, 4) is 17.6 Å². The minimum atomic E-state index is 0.666. The molecular formula is C28H34O. The first-order chi connectivity index (χ1) is 14.3. The summed E-state index contributed by atoms with van der Waals surface area (Å²) in [6.45, 7) is 5.19. The second-order valence-electron chi connectivity index (χ2n) is 8.06. The molecule has 1 heteroatoms. The van der Waals surface area contributed by atoms with Gasteiger partial charge >= 0.3 is 0 Å². The molecule has 0 atom stereocenters. The van der Waals surface area contributed by atoms with Gasteiger partial charge in [0.2, 0.25) is 0 Å². The molecule has 0 heterocycles. The Labute approximate surface area is 177 Å². The molecule has 0 amide bonds. The number of hydrogen-bond acceptors (Lipinski definition) is 1. The summed E-state index contributed by atoms with van der Waals surface area (Å²) >= 11 is 0. The van der Waals surface area contributed by atoms with Crippen molar-refractivity contribution in [1.29, 1.82) is 0 Å². The van der Waals surface area contributed by atoms with Crippen molar-refractivity contribution < 1.29 is 4.74 Å². The number of allylic oxidation sites excluding steroid dienone is 2. The highest BCUT2D eigenvalue weighted by Crippen LogP contribution is 2.36. The first kappa shape index (κ1) is 21.3. The molecule has 1 fully saturated rings. The molecule has 0 saturated heterocycles. The summed E-state index contributed by atoms with van der Waals surface area (Å²) in [7, 11) is 0. The average molecular weight is 387 g/mol. The van der Waals surface area contributed by atoms with Gasteiger partial charge in [-0.3, -0.25) is 0 Å². The first-order valence-corrected chi connectivity index (χ1v) is 11.3. The maximum Gasteiger partial charge on any atom is 0.119 e. The zero-order chi connectivity index (χ0) is 20.3. The zero-order valence-electron chi connectivity index (χ0n) is 18.0. The lowest BCUT2D eigenvalue weighted by Crippen LogP contribution is -2.11. The molecule has 0 bridgehead atoms. The smallest absolute Gasteiger partial charge is 0.119 e. The van der Waals surface area contributed by atoms with Crippen LogP contribution in [0.15, 0.2) is 60.7 Å². The highest BCUT2D eigenvalue weighted by molar-refractivity contribution is 5.38. The van der Waals surface area contributed by atoms with E-state index in [1.165, 1.54) is 43.2 Å². The maximum atomic E-state index is 5.78. The highest BCUT2D eigenvalue weighted by Gasteiger charge is 2.20. The Kier molecular flexibility index (Phi) is 8.44. The summed E-state index contributed by atoms with van der Waals surface area (Å²) < 4.78 is 5.78. The molecule has 2 aromatic rings. The average Bonchev–Trinajstić information content (AvgIpc) is 2.78. The van der Waals surface area contributed by atoms with Gasteiger partial charge in [0.25, 0.3) is 0 Å². The van der Waals surface area contributed by atoms with E-state index in [9.17, 15) is 0 Å². The summed E-state index contributed by atoms with van der Waals surface area (Å²) in [6.07, 6.45) is 12.8. The van der Waals surface area contributed by atoms with Gasteiger partial charge in [-0.2, -0.15) is 0 Å². The molecule has 1 saturated carbocycles. The molecule has 1 aliphatic carbocycles. The van der Waals surface area contributed by atoms with Crippen molar-refractivity contribution in [3.63, 3.8) is 0 Å². The third kappa shape index (κ3) is 6.82. The largest absolute Gasteiger partial charge is 0.494 e. The molecule has 3 rings (SSSR count). The molecule has 2 aromatic carbocycles. The van der Waals surface area contributed by atoms with Crippen LogP contribution in [0.4, 0.5) is 0 Å². The molecule has 29 heavy (non-hydrogen) atoms. The maximum absolute atomic E-state index is 5.78. The summed E-state index contributed by atoms with van der Waals surface area (Å²) in [4.78, 5) is 0. The molecule has 0 aromatic heterocycles. The summed E-state index contributed by atoms with van der Waals surface area (Å²) in [5.41, 5.74) is 3.92. The Balaban J connectivity index is 1.44. The fourth-order valence-corrected chi connectivity index (χ4v) is 3.95. The lowest BCUT2D eigenvalue weighted by atomic mass is 9.78. The highest BCUT2D eigenvalue weighted by atomic mass is 16.5. The Hall–Kier alpha value is -2.46. The van der Waals surface area contributed by atoms with Gasteiger partial charge in [-0.05, 0) is 91.8 Å². The van der Waals surface area contributed by atoms with E-state index in [2.05, 4.69) is 86.4 Å². The number of ether oxygens (including phenoxy) is 1. The fourth-order valence-electron chi connectivity index (χ4n) is 3.95. The van der Waals surface area contributed by atoms with E-state index in [4.69, 9.17) is 4.74 Å². The SMILES string of the molecule is CCCCOc1ccc([C@H]2CC[C@H](C=CC#Cc3ccc(CC)cc3)CC2)cc1. The quantitative estimate of drug-likeness (QED) is 0.358. The lowest BCUT2D eigenvalue weighted by Gasteiger charge is -2.27. The van der Waals surface area contributed by atoms with Crippen molar-refractivity contribution in [3.05, 3.63) is 77.4 Å². The number of benzene rings is 2. The van der Waals surface area contributed by atoms with Crippen molar-refractivity contribution in [2.75, 3.05) is 6.61 Å². The molecule has 1 aliphatic rings. The second kappa shape index (κ2) is 11.5. The van der Waals surface area contributed by atoms with Crippen LogP contribution in [-0.4, -0.2) is 6.61 Å². The number of unbranched alkanes of at least 4 members (excludes halogenated alkanes) is 1. The van der Waals surface area contributed by atoms with E-state index in [1.807, 2.05) is 0 Å². The van der Waals surface area contributed by atoms with Crippen molar-refractivity contribution >= 4 is 0 Å². The molecule has 0 aliphatic heterocycles. The van der Waals surface area contributed by atoms with Gasteiger partial charge in [-0.1, -0.05) is 62.5 Å². The van der Waals surface area contributed by atoms with Crippen LogP contribution in [-0.2, 0) is 6.42 Å². The van der Waals surface area contributed by atoms with Crippen LogP contribution in [0.3, 0.4) is 0 Å². The minimum absolute atomic E-state index is 0.666. The van der Waals surface area contributed by atoms with Gasteiger partial charge in [0.05, 0.1) is 6.61 Å². The van der Waals surface area contributed by atoms with Gasteiger partial charge in [0.15, 0.2) is 0 Å². The summed E-state index contributed by atoms with van der Waals surface area (Å²) in [5, 5.41) is 0. The van der Waals surface area contributed by atoms with Crippen LogP contribution < -0.4 is 4.74 Å². The lowest BCUT2D eigenvalue weighted by molar-refractivity contribution is 0.309. The van der Waals surface area contributed by atoms with Crippen molar-refractivity contribution in [2.24, 2.45) is 5.92 Å². The number of hydrogen-bond donors (Lipinski definition) is 0. The molecule has 0 N–H and O–H groups in total. The third-order valence-electron chi connectivity index (χ3n) is 5.92. The molecule has 0 radical (unpaired) electrons. The van der Waals surface area contributed by atoms with Gasteiger partial charge in [-0.25, -0.2) is 0 Å². The zero-order valence-corrected chi connectivity index (χ0v) is 18.0. The van der Waals surface area contributed by atoms with Crippen LogP contribution in [0, 0.1) is 17.8 Å². The van der Waals surface area contributed by atoms with E-state index in [0.29, 0.717) is 11.8 Å². The Morgan fingerprint density at radius 1 is 0.931 bits per heavy atom. The summed E-state index contributed by atoms with van der Waals surface area (Å²) in [5.74, 6) is 8.81. The Morgan fingerprint density at radius 3 is 2.31 bits per heavy atom. The van der Waals surface area contributed by atoms with E-state index < -0.39 is 0 Å². The monoisotopic (exact) mass is 386 g/mol. The molecule has 152 valence electrons. The van der Waals surface area contributed by atoms with Gasteiger partial charge in [0, 0.05) is 5.56 Å². The predicted octanol–water partition coefficient (Wildman–Crippen LogP) is 7.31. The standard InChI is InChI=1S/C28H34O/c1-3-5-22-29-28-20-18-27(19-21-28)26-16-14-25(15-17-26)9-7-6-8-24-12-10-23(4-2)11-13-24/h7,9-13,18-21,25-26H,3-5,14-17,22H2,1-2H3/t25-,26-. The van der Waals surface area contributed by atoms with Crippen LogP contribution in [0.2, 0.25) is 0 Å². The summed E-state index contributed by atoms with van der Waals surface area (Å²) in [6, 6.07) is 17.4. The Morgan fingerprint density at radius 2 is 1.66 bits per heavy atom. The topological polar surface area (TPSA) is 9.23 Å². The third-order valence-corrected chi connectivity index (χ3v) is 5.92. The van der Waals surface area contributed by atoms with Crippen LogP contribution in [0.5, 0.6) is 5.75 Å². The number of rotatable bonds is 7. The predicted molar refractivity (Wildman–Crippen MR) is 123 cm³/mol. The Bertz CT molecular complexity index is 809. The van der Waals surface area contributed by atoms with Crippen LogP contribution in [0.1, 0.15) is 75.0 Å². The van der Waals surface area contributed by atoms with Crippen molar-refractivity contribution in [1.82, 2.24) is 0 Å². The number of aryl methyl sites for hydroxylation is 1. The van der Waals surface area contributed by atoms with E-state index >= 15 is 0 Å². The molecule has 0 spiro atoms. The molecule has 0 unspecified atom stereocenters. The van der Waals surface area contributed by atoms with Gasteiger partial charge in [0.1, 0.15) is 5.75 Å². The minimum Gasteiger partial charge on any atom is -0.494 e. The van der Waals surface area contributed by atoms with Crippen molar-refractivity contribution in [2.45, 2.75) is 64.7 Å². The molecular weight excluding hydrogens is 352 g/mol. The van der Waals surface area contributed by atoms with Gasteiger partial charge < -0.3 is 4.74 Å². The van der Waals surface area contributed by atoms with Crippen LogP contribution >= 0.6 is 0 Å². The first-order valence-electron chi connectivity index (χ1n) is 11.3. The van der Waals surface area contributed by atoms with Crippen LogP contribution in [0.25, 0.3) is 0 Å². The van der Waals surface area contributed by atoms with E-state index in [0.717, 1.165) is 30.8 Å².